The van der Waals surface area contributed by atoms with Crippen LogP contribution in [0.1, 0.15) is 53.4 Å². The van der Waals surface area contributed by atoms with Gasteiger partial charge in [-0.2, -0.15) is 0 Å². The highest BCUT2D eigenvalue weighted by atomic mass is 16.7. The first-order valence-electron chi connectivity index (χ1n) is 10.0. The topological polar surface area (TPSA) is 140 Å². The van der Waals surface area contributed by atoms with Crippen LogP contribution >= 0.6 is 0 Å². The number of aliphatic hydroxyl groups is 6. The summed E-state index contributed by atoms with van der Waals surface area (Å²) in [4.78, 5) is 0. The lowest BCUT2D eigenvalue weighted by Gasteiger charge is -2.42. The van der Waals surface area contributed by atoms with Crippen LogP contribution in [0.3, 0.4) is 0 Å². The minimum atomic E-state index is -1.53. The smallest absolute Gasteiger partial charge is 0.187 e. The highest BCUT2D eigenvalue weighted by molar-refractivity contribution is 5.02. The van der Waals surface area contributed by atoms with Crippen LogP contribution in [0.4, 0.5) is 0 Å². The van der Waals surface area contributed by atoms with Gasteiger partial charge in [0.25, 0.3) is 0 Å². The third-order valence-electron chi connectivity index (χ3n) is 5.32. The molecule has 6 N–H and O–H groups in total. The Morgan fingerprint density at radius 2 is 1.76 bits per heavy atom. The molecule has 8 nitrogen and oxygen atoms in total. The lowest BCUT2D eigenvalue weighted by Crippen LogP contribution is -2.60. The largest absolute Gasteiger partial charge is 0.394 e. The van der Waals surface area contributed by atoms with E-state index in [0.29, 0.717) is 25.7 Å². The number of hydrogen-bond donors (Lipinski definition) is 6. The minimum Gasteiger partial charge on any atom is -0.394 e. The summed E-state index contributed by atoms with van der Waals surface area (Å²) in [5.74, 6) is 0. The number of allylic oxidation sites excluding steroid dienone is 2. The van der Waals surface area contributed by atoms with Crippen LogP contribution in [-0.2, 0) is 9.47 Å². The zero-order valence-electron chi connectivity index (χ0n) is 17.9. The molecule has 1 rings (SSSR count). The van der Waals surface area contributed by atoms with Crippen molar-refractivity contribution in [2.45, 2.75) is 101 Å². The van der Waals surface area contributed by atoms with E-state index in [4.69, 9.17) is 9.47 Å². The standard InChI is InChI=1S/C21H38O8/c1-6-21(5,27)11-7-8-13(2)9-10-15(20(3,4)26)29-19-18(25)17(24)16(23)14(12-22)28-19/h6,8,14-19,22-27H,1,7,9-12H2,2-5H3/b13-8+/t14-,15-,16+,17-,18+,19-,21+/m0/s1. The van der Waals surface area contributed by atoms with Gasteiger partial charge in [-0.25, -0.2) is 0 Å². The highest BCUT2D eigenvalue weighted by Crippen LogP contribution is 2.28. The summed E-state index contributed by atoms with van der Waals surface area (Å²) >= 11 is 0. The zero-order chi connectivity index (χ0) is 22.4. The molecule has 0 spiro atoms. The molecular formula is C21H38O8. The number of hydrogen-bond acceptors (Lipinski definition) is 8. The molecule has 1 fully saturated rings. The molecule has 0 aromatic heterocycles. The molecule has 170 valence electrons. The molecule has 8 heteroatoms. The molecule has 29 heavy (non-hydrogen) atoms. The maximum absolute atomic E-state index is 10.5. The summed E-state index contributed by atoms with van der Waals surface area (Å²) in [5, 5.41) is 59.7. The van der Waals surface area contributed by atoms with Crippen LogP contribution in [0.25, 0.3) is 0 Å². The third kappa shape index (κ3) is 8.07. The van der Waals surface area contributed by atoms with Gasteiger partial charge in [0.05, 0.1) is 23.9 Å². The van der Waals surface area contributed by atoms with Gasteiger partial charge >= 0.3 is 0 Å². The molecule has 0 radical (unpaired) electrons. The average molecular weight is 419 g/mol. The molecule has 0 amide bonds. The second-order valence-electron chi connectivity index (χ2n) is 8.66. The van der Waals surface area contributed by atoms with Crippen molar-refractivity contribution in [2.75, 3.05) is 6.61 Å². The van der Waals surface area contributed by atoms with Crippen molar-refractivity contribution in [3.05, 3.63) is 24.3 Å². The average Bonchev–Trinajstić information content (AvgIpc) is 2.63. The molecule has 1 heterocycles. The Morgan fingerprint density at radius 1 is 1.14 bits per heavy atom. The van der Waals surface area contributed by atoms with E-state index in [9.17, 15) is 30.6 Å². The molecule has 0 bridgehead atoms. The van der Waals surface area contributed by atoms with Crippen LogP contribution < -0.4 is 0 Å². The van der Waals surface area contributed by atoms with E-state index in [1.54, 1.807) is 20.8 Å². The predicted molar refractivity (Wildman–Crippen MR) is 108 cm³/mol. The van der Waals surface area contributed by atoms with Gasteiger partial charge in [-0.05, 0) is 53.4 Å². The maximum Gasteiger partial charge on any atom is 0.187 e. The molecule has 0 aromatic carbocycles. The fourth-order valence-electron chi connectivity index (χ4n) is 3.10. The lowest BCUT2D eigenvalue weighted by molar-refractivity contribution is -0.322. The van der Waals surface area contributed by atoms with Gasteiger partial charge in [0.1, 0.15) is 24.4 Å². The first-order valence-corrected chi connectivity index (χ1v) is 10.0. The summed E-state index contributed by atoms with van der Waals surface area (Å²) in [6, 6.07) is 0. The number of ether oxygens (including phenoxy) is 2. The first kappa shape index (κ1) is 26.2. The molecule has 1 saturated heterocycles. The Labute approximate surface area is 173 Å². The lowest BCUT2D eigenvalue weighted by atomic mass is 9.94. The Balaban J connectivity index is 2.72. The van der Waals surface area contributed by atoms with Crippen LogP contribution in [0, 0.1) is 0 Å². The molecule has 0 aromatic rings. The Kier molecular flexibility index (Phi) is 9.91. The fraction of sp³-hybridized carbons (Fsp3) is 0.810. The Morgan fingerprint density at radius 3 is 2.28 bits per heavy atom. The normalized spacial score (nSPS) is 31.9. The van der Waals surface area contributed by atoms with Crippen molar-refractivity contribution in [3.63, 3.8) is 0 Å². The fourth-order valence-corrected chi connectivity index (χ4v) is 3.10. The first-order chi connectivity index (χ1) is 13.3. The third-order valence-corrected chi connectivity index (χ3v) is 5.32. The summed E-state index contributed by atoms with van der Waals surface area (Å²) in [5.41, 5.74) is -1.12. The van der Waals surface area contributed by atoms with E-state index in [1.807, 2.05) is 13.0 Å². The van der Waals surface area contributed by atoms with Gasteiger partial charge in [-0.15, -0.1) is 6.58 Å². The van der Waals surface area contributed by atoms with Crippen molar-refractivity contribution >= 4 is 0 Å². The molecular weight excluding hydrogens is 380 g/mol. The molecule has 7 atom stereocenters. The van der Waals surface area contributed by atoms with E-state index in [1.165, 1.54) is 6.08 Å². The molecule has 0 unspecified atom stereocenters. The molecule has 0 aliphatic carbocycles. The summed E-state index contributed by atoms with van der Waals surface area (Å²) in [6.45, 7) is 9.84. The van der Waals surface area contributed by atoms with Crippen LogP contribution in [0.5, 0.6) is 0 Å². The van der Waals surface area contributed by atoms with E-state index >= 15 is 0 Å². The Bertz CT molecular complexity index is 537. The quantitative estimate of drug-likeness (QED) is 0.265. The van der Waals surface area contributed by atoms with Crippen molar-refractivity contribution in [1.29, 1.82) is 0 Å². The second-order valence-corrected chi connectivity index (χ2v) is 8.66. The molecule has 1 aliphatic heterocycles. The van der Waals surface area contributed by atoms with Crippen molar-refractivity contribution in [3.8, 4) is 0 Å². The van der Waals surface area contributed by atoms with E-state index in [2.05, 4.69) is 6.58 Å². The summed E-state index contributed by atoms with van der Waals surface area (Å²) in [6.07, 6.45) is -1.87. The SMILES string of the molecule is C=C[C@@](C)(O)CC/C=C(\C)CC[C@H](O[C@@H]1O[C@@H](CO)[C@@H](O)[C@H](O)[C@H]1O)C(C)(C)O. The minimum absolute atomic E-state index is 0.415. The molecule has 0 saturated carbocycles. The van der Waals surface area contributed by atoms with E-state index in [0.717, 1.165) is 5.57 Å². The van der Waals surface area contributed by atoms with E-state index in [-0.39, 0.29) is 0 Å². The Hall–Kier alpha value is -0.840. The number of aliphatic hydroxyl groups excluding tert-OH is 4. The molecule has 1 aliphatic rings. The van der Waals surface area contributed by atoms with Crippen LogP contribution in [0.2, 0.25) is 0 Å². The van der Waals surface area contributed by atoms with Crippen molar-refractivity contribution in [2.24, 2.45) is 0 Å². The van der Waals surface area contributed by atoms with Crippen LogP contribution in [-0.4, -0.2) is 85.3 Å². The van der Waals surface area contributed by atoms with Gasteiger partial charge in [0.2, 0.25) is 0 Å². The van der Waals surface area contributed by atoms with Crippen LogP contribution in [0.15, 0.2) is 24.3 Å². The number of rotatable bonds is 11. The maximum atomic E-state index is 10.5. The zero-order valence-corrected chi connectivity index (χ0v) is 17.9. The van der Waals surface area contributed by atoms with Crippen molar-refractivity contribution < 1.29 is 40.1 Å². The van der Waals surface area contributed by atoms with Gasteiger partial charge in [-0.1, -0.05) is 17.7 Å². The monoisotopic (exact) mass is 418 g/mol. The predicted octanol–water partition coefficient (Wildman–Crippen LogP) is 0.386. The van der Waals surface area contributed by atoms with Crippen molar-refractivity contribution in [1.82, 2.24) is 0 Å². The van der Waals surface area contributed by atoms with Gasteiger partial charge in [-0.3, -0.25) is 0 Å². The van der Waals surface area contributed by atoms with E-state index < -0.39 is 54.6 Å². The van der Waals surface area contributed by atoms with Gasteiger partial charge in [0.15, 0.2) is 6.29 Å². The summed E-state index contributed by atoms with van der Waals surface area (Å²) in [7, 11) is 0. The second kappa shape index (κ2) is 11.0. The van der Waals surface area contributed by atoms with Gasteiger partial charge < -0.3 is 40.1 Å². The highest BCUT2D eigenvalue weighted by Gasteiger charge is 2.46. The summed E-state index contributed by atoms with van der Waals surface area (Å²) < 4.78 is 11.1. The van der Waals surface area contributed by atoms with Gasteiger partial charge in [0, 0.05) is 0 Å².